The third-order valence-corrected chi connectivity index (χ3v) is 3.09. The fourth-order valence-corrected chi connectivity index (χ4v) is 1.99. The number of hydrogen-bond donors (Lipinski definition) is 2. The van der Waals surface area contributed by atoms with Crippen molar-refractivity contribution in [2.24, 2.45) is 5.92 Å². The summed E-state index contributed by atoms with van der Waals surface area (Å²) in [5.41, 5.74) is -0.125. The van der Waals surface area contributed by atoms with Crippen molar-refractivity contribution in [3.8, 4) is 0 Å². The molecule has 1 heterocycles. The fraction of sp³-hybridized carbons (Fsp3) is 0.500. The van der Waals surface area contributed by atoms with Crippen LogP contribution in [0.5, 0.6) is 0 Å². The Morgan fingerprint density at radius 1 is 1.65 bits per heavy atom. The molecule has 92 valence electrons. The molecule has 2 rings (SSSR count). The summed E-state index contributed by atoms with van der Waals surface area (Å²) in [5.74, 6) is 0.858. The number of hydrogen-bond acceptors (Lipinski definition) is 5. The standard InChI is InChI=1S/C10H12ClN3O3/c11-9-3-7(14(16)17)5-13-10(9)12-4-6-1-8(15)2-6/h3,5-6,8,15H,1-2,4H2,(H,12,13). The maximum absolute atomic E-state index is 10.5. The lowest BCUT2D eigenvalue weighted by Crippen LogP contribution is -2.33. The Balaban J connectivity index is 1.94. The molecule has 0 saturated heterocycles. The summed E-state index contributed by atoms with van der Waals surface area (Å²) in [4.78, 5) is 13.8. The Labute approximate surface area is 103 Å². The number of anilines is 1. The zero-order chi connectivity index (χ0) is 12.4. The van der Waals surface area contributed by atoms with Crippen LogP contribution in [-0.2, 0) is 0 Å². The van der Waals surface area contributed by atoms with E-state index >= 15 is 0 Å². The van der Waals surface area contributed by atoms with E-state index in [1.165, 1.54) is 12.3 Å². The second-order valence-corrected chi connectivity index (χ2v) is 4.56. The molecular weight excluding hydrogens is 246 g/mol. The van der Waals surface area contributed by atoms with Gasteiger partial charge in [-0.05, 0) is 18.8 Å². The molecule has 1 saturated carbocycles. The van der Waals surface area contributed by atoms with Crippen LogP contribution in [0.3, 0.4) is 0 Å². The van der Waals surface area contributed by atoms with E-state index in [1.54, 1.807) is 0 Å². The Kier molecular flexibility index (Phi) is 3.44. The lowest BCUT2D eigenvalue weighted by Gasteiger charge is -2.31. The first-order valence-corrected chi connectivity index (χ1v) is 5.66. The topological polar surface area (TPSA) is 88.3 Å². The van der Waals surface area contributed by atoms with Gasteiger partial charge in [-0.15, -0.1) is 0 Å². The maximum atomic E-state index is 10.5. The van der Waals surface area contributed by atoms with Crippen LogP contribution in [0.25, 0.3) is 0 Å². The van der Waals surface area contributed by atoms with Gasteiger partial charge < -0.3 is 10.4 Å². The lowest BCUT2D eigenvalue weighted by molar-refractivity contribution is -0.385. The number of halogens is 1. The number of nitrogens with zero attached hydrogens (tertiary/aromatic N) is 2. The van der Waals surface area contributed by atoms with Crippen molar-refractivity contribution in [1.82, 2.24) is 4.98 Å². The van der Waals surface area contributed by atoms with Crippen molar-refractivity contribution < 1.29 is 10.0 Å². The van der Waals surface area contributed by atoms with E-state index in [-0.39, 0.29) is 16.8 Å². The largest absolute Gasteiger partial charge is 0.393 e. The van der Waals surface area contributed by atoms with Gasteiger partial charge in [0.05, 0.1) is 16.0 Å². The van der Waals surface area contributed by atoms with Crippen LogP contribution in [0, 0.1) is 16.0 Å². The molecule has 1 aliphatic rings. The number of pyridine rings is 1. The van der Waals surface area contributed by atoms with Crippen molar-refractivity contribution in [1.29, 1.82) is 0 Å². The Bertz CT molecular complexity index is 435. The summed E-state index contributed by atoms with van der Waals surface area (Å²) < 4.78 is 0. The van der Waals surface area contributed by atoms with Crippen LogP contribution in [0.15, 0.2) is 12.3 Å². The maximum Gasteiger partial charge on any atom is 0.289 e. The molecule has 0 spiro atoms. The monoisotopic (exact) mass is 257 g/mol. The average Bonchev–Trinajstić information content (AvgIpc) is 2.24. The van der Waals surface area contributed by atoms with Gasteiger partial charge in [0.25, 0.3) is 5.69 Å². The first-order chi connectivity index (χ1) is 8.06. The van der Waals surface area contributed by atoms with Crippen LogP contribution in [-0.4, -0.2) is 27.7 Å². The number of nitrogens with one attached hydrogen (secondary N) is 1. The number of aliphatic hydroxyl groups is 1. The molecule has 0 amide bonds. The highest BCUT2D eigenvalue weighted by Gasteiger charge is 2.26. The number of nitro groups is 1. The van der Waals surface area contributed by atoms with Gasteiger partial charge in [-0.3, -0.25) is 10.1 Å². The molecular formula is C10H12ClN3O3. The molecule has 0 unspecified atom stereocenters. The lowest BCUT2D eigenvalue weighted by atomic mass is 9.82. The van der Waals surface area contributed by atoms with Crippen molar-refractivity contribution in [2.75, 3.05) is 11.9 Å². The third-order valence-electron chi connectivity index (χ3n) is 2.81. The van der Waals surface area contributed by atoms with Crippen molar-refractivity contribution in [2.45, 2.75) is 18.9 Å². The van der Waals surface area contributed by atoms with E-state index in [0.717, 1.165) is 12.8 Å². The molecule has 0 atom stereocenters. The van der Waals surface area contributed by atoms with Crippen LogP contribution in [0.2, 0.25) is 5.02 Å². The predicted molar refractivity (Wildman–Crippen MR) is 63.1 cm³/mol. The normalized spacial score (nSPS) is 22.9. The molecule has 0 aliphatic heterocycles. The zero-order valence-electron chi connectivity index (χ0n) is 8.97. The summed E-state index contributed by atoms with van der Waals surface area (Å²) in [5, 5.41) is 22.9. The molecule has 1 aromatic rings. The van der Waals surface area contributed by atoms with Crippen LogP contribution in [0.4, 0.5) is 11.5 Å². The Hall–Kier alpha value is -1.40. The van der Waals surface area contributed by atoms with Gasteiger partial charge in [-0.1, -0.05) is 11.6 Å². The molecule has 1 fully saturated rings. The highest BCUT2D eigenvalue weighted by molar-refractivity contribution is 6.33. The van der Waals surface area contributed by atoms with Crippen molar-refractivity contribution in [3.05, 3.63) is 27.4 Å². The third kappa shape index (κ3) is 2.83. The van der Waals surface area contributed by atoms with Crippen LogP contribution < -0.4 is 5.32 Å². The summed E-state index contributed by atoms with van der Waals surface area (Å²) >= 11 is 5.87. The van der Waals surface area contributed by atoms with Gasteiger partial charge >= 0.3 is 0 Å². The van der Waals surface area contributed by atoms with Crippen LogP contribution in [0.1, 0.15) is 12.8 Å². The summed E-state index contributed by atoms with van der Waals surface area (Å²) in [6.45, 7) is 0.668. The highest BCUT2D eigenvalue weighted by atomic mass is 35.5. The molecule has 1 aliphatic carbocycles. The van der Waals surface area contributed by atoms with E-state index in [0.29, 0.717) is 18.3 Å². The molecule has 0 bridgehead atoms. The Morgan fingerprint density at radius 3 is 2.88 bits per heavy atom. The second-order valence-electron chi connectivity index (χ2n) is 4.15. The summed E-state index contributed by atoms with van der Waals surface area (Å²) in [6, 6.07) is 1.27. The van der Waals surface area contributed by atoms with E-state index in [4.69, 9.17) is 16.7 Å². The molecule has 6 nitrogen and oxygen atoms in total. The predicted octanol–water partition coefficient (Wildman–Crippen LogP) is 1.83. The molecule has 0 aromatic carbocycles. The number of rotatable bonds is 4. The number of aliphatic hydroxyl groups excluding tert-OH is 1. The van der Waals surface area contributed by atoms with Crippen molar-refractivity contribution in [3.63, 3.8) is 0 Å². The van der Waals surface area contributed by atoms with E-state index < -0.39 is 4.92 Å². The second kappa shape index (κ2) is 4.85. The van der Waals surface area contributed by atoms with Gasteiger partial charge in [0.1, 0.15) is 12.0 Å². The minimum Gasteiger partial charge on any atom is -0.393 e. The van der Waals surface area contributed by atoms with Crippen LogP contribution >= 0.6 is 11.6 Å². The quantitative estimate of drug-likeness (QED) is 0.635. The smallest absolute Gasteiger partial charge is 0.289 e. The minimum atomic E-state index is -0.537. The molecule has 7 heteroatoms. The van der Waals surface area contributed by atoms with Gasteiger partial charge in [0, 0.05) is 12.6 Å². The van der Waals surface area contributed by atoms with Gasteiger partial charge in [-0.2, -0.15) is 0 Å². The fourth-order valence-electron chi connectivity index (χ4n) is 1.77. The van der Waals surface area contributed by atoms with Gasteiger partial charge in [-0.25, -0.2) is 4.98 Å². The van der Waals surface area contributed by atoms with E-state index in [2.05, 4.69) is 10.3 Å². The van der Waals surface area contributed by atoms with Crippen molar-refractivity contribution >= 4 is 23.1 Å². The highest BCUT2D eigenvalue weighted by Crippen LogP contribution is 2.29. The first kappa shape index (κ1) is 12.1. The summed E-state index contributed by atoms with van der Waals surface area (Å²) in [7, 11) is 0. The molecule has 1 aromatic heterocycles. The van der Waals surface area contributed by atoms with E-state index in [1.807, 2.05) is 0 Å². The van der Waals surface area contributed by atoms with E-state index in [9.17, 15) is 10.1 Å². The molecule has 0 radical (unpaired) electrons. The average molecular weight is 258 g/mol. The minimum absolute atomic E-state index is 0.125. The zero-order valence-corrected chi connectivity index (χ0v) is 9.72. The van der Waals surface area contributed by atoms with Gasteiger partial charge in [0.15, 0.2) is 0 Å². The SMILES string of the molecule is O=[N+]([O-])c1cnc(NCC2CC(O)C2)c(Cl)c1. The molecule has 2 N–H and O–H groups in total. The number of aromatic nitrogens is 1. The molecule has 17 heavy (non-hydrogen) atoms. The Morgan fingerprint density at radius 2 is 2.35 bits per heavy atom. The summed E-state index contributed by atoms with van der Waals surface area (Å²) in [6.07, 6.45) is 2.53. The first-order valence-electron chi connectivity index (χ1n) is 5.28. The van der Waals surface area contributed by atoms with Gasteiger partial charge in [0.2, 0.25) is 0 Å².